The number of nitrogens with zero attached hydrogens (tertiary/aromatic N) is 1. The van der Waals surface area contributed by atoms with Crippen LogP contribution in [0.25, 0.3) is 0 Å². The molecule has 28 heteroatoms. The van der Waals surface area contributed by atoms with Crippen molar-refractivity contribution in [2.24, 2.45) is 23.7 Å². The van der Waals surface area contributed by atoms with Crippen molar-refractivity contribution < 1.29 is 106 Å². The summed E-state index contributed by atoms with van der Waals surface area (Å²) in [6.45, 7) is 17.1. The second-order valence-corrected chi connectivity index (χ2v) is 17.5. The number of aromatic nitrogens is 2. The van der Waals surface area contributed by atoms with Crippen LogP contribution in [-0.2, 0) is 104 Å². The van der Waals surface area contributed by atoms with Crippen LogP contribution in [-0.4, -0.2) is 140 Å². The first-order valence-corrected chi connectivity index (χ1v) is 26.4. The zero-order valence-corrected chi connectivity index (χ0v) is 48.5. The van der Waals surface area contributed by atoms with E-state index in [1.54, 1.807) is 41.5 Å². The lowest BCUT2D eigenvalue weighted by Crippen LogP contribution is -2.23. The number of rotatable bonds is 25. The third kappa shape index (κ3) is 47.6. The number of esters is 6. The molecule has 4 atom stereocenters. The molecule has 0 aromatic carbocycles. The summed E-state index contributed by atoms with van der Waals surface area (Å²) in [5.41, 5.74) is 1.96. The van der Waals surface area contributed by atoms with Gasteiger partial charge in [0.25, 0.3) is 5.56 Å². The number of carboxylic acids is 3. The number of ketones is 1. The van der Waals surface area contributed by atoms with Gasteiger partial charge < -0.3 is 48.7 Å². The molecule has 25 nitrogen and oxygen atoms in total. The smallest absolute Gasteiger partial charge is 0.316 e. The Hall–Kier alpha value is -6.34. The van der Waals surface area contributed by atoms with E-state index in [0.717, 1.165) is 42.8 Å². The fourth-order valence-electron chi connectivity index (χ4n) is 6.39. The summed E-state index contributed by atoms with van der Waals surface area (Å²) in [6.07, 6.45) is 4.21. The highest BCUT2D eigenvalue weighted by Crippen LogP contribution is 2.22. The van der Waals surface area contributed by atoms with Crippen molar-refractivity contribution in [1.82, 2.24) is 9.97 Å². The van der Waals surface area contributed by atoms with Crippen LogP contribution in [0.15, 0.2) is 4.79 Å². The molecule has 0 aliphatic heterocycles. The highest BCUT2D eigenvalue weighted by atomic mass is 35.5. The van der Waals surface area contributed by atoms with Crippen LogP contribution in [0.2, 0.25) is 0 Å². The SMILES string of the molecule is C.CCOC(=O)C1CCCC1=O.CCOC(=O)CCC(CC(=O)OCC)C(=O)OCC.CCOC(C)=O.CCOC(C)=O.Cc1nc2c(c(=O)[nH]1)CCC2.O=C(Cl)CCC(CC(=O)Cl)C(=O)Cl.O=C(O)CCC(CC(=O)O)C(=O)O. The highest BCUT2D eigenvalue weighted by molar-refractivity contribution is 6.66. The number of aliphatic carboxylic acids is 3. The number of carbonyl (C=O) groups excluding carboxylic acids is 10. The van der Waals surface area contributed by atoms with Gasteiger partial charge in [-0.2, -0.15) is 0 Å². The number of carbonyl (C=O) groups is 13. The van der Waals surface area contributed by atoms with Crippen LogP contribution in [0.4, 0.5) is 0 Å². The summed E-state index contributed by atoms with van der Waals surface area (Å²) in [4.78, 5) is 156. The Morgan fingerprint density at radius 3 is 1.48 bits per heavy atom. The molecule has 1 aromatic rings. The zero-order valence-electron chi connectivity index (χ0n) is 46.2. The number of hydrogen-bond donors (Lipinski definition) is 4. The van der Waals surface area contributed by atoms with Crippen LogP contribution in [0, 0.1) is 30.6 Å². The molecule has 4 unspecified atom stereocenters. The number of aromatic amines is 1. The van der Waals surface area contributed by atoms with E-state index >= 15 is 0 Å². The summed E-state index contributed by atoms with van der Waals surface area (Å²) < 4.78 is 28.0. The number of hydrogen-bond acceptors (Lipinski definition) is 21. The van der Waals surface area contributed by atoms with E-state index in [0.29, 0.717) is 39.3 Å². The van der Waals surface area contributed by atoms with Crippen molar-refractivity contribution in [3.8, 4) is 0 Å². The molecule has 458 valence electrons. The molecule has 4 N–H and O–H groups in total. The number of halogens is 3. The van der Waals surface area contributed by atoms with Crippen LogP contribution < -0.4 is 5.56 Å². The van der Waals surface area contributed by atoms with Gasteiger partial charge in [0.15, 0.2) is 0 Å². The number of H-pyrrole nitrogens is 1. The minimum atomic E-state index is -1.27. The Balaban J connectivity index is -0.000000280. The Morgan fingerprint density at radius 2 is 1.07 bits per heavy atom. The van der Waals surface area contributed by atoms with E-state index in [2.05, 4.69) is 19.4 Å². The van der Waals surface area contributed by atoms with Crippen LogP contribution in [0.1, 0.15) is 163 Å². The molecular weight excluding hydrogens is 1130 g/mol. The third-order valence-corrected chi connectivity index (χ3v) is 10.5. The van der Waals surface area contributed by atoms with Crippen molar-refractivity contribution in [1.29, 1.82) is 0 Å². The maximum atomic E-state index is 11.7. The molecule has 2 aliphatic rings. The van der Waals surface area contributed by atoms with E-state index in [4.69, 9.17) is 69.1 Å². The molecule has 3 rings (SSSR count). The molecule has 1 aromatic heterocycles. The van der Waals surface area contributed by atoms with Crippen molar-refractivity contribution in [2.45, 2.75) is 166 Å². The molecule has 0 amide bonds. The minimum Gasteiger partial charge on any atom is -0.481 e. The normalized spacial score (nSPS) is 13.2. The largest absolute Gasteiger partial charge is 0.481 e. The lowest BCUT2D eigenvalue weighted by atomic mass is 9.99. The molecule has 0 spiro atoms. The van der Waals surface area contributed by atoms with Crippen molar-refractivity contribution in [3.05, 3.63) is 27.4 Å². The zero-order chi connectivity index (χ0) is 61.6. The quantitative estimate of drug-likeness (QED) is 0.0337. The first kappa shape index (κ1) is 82.5. The average Bonchev–Trinajstić information content (AvgIpc) is 4.01. The second kappa shape index (κ2) is 50.9. The molecule has 1 fully saturated rings. The van der Waals surface area contributed by atoms with Gasteiger partial charge in [0.2, 0.25) is 15.7 Å². The van der Waals surface area contributed by atoms with Gasteiger partial charge in [-0.15, -0.1) is 0 Å². The van der Waals surface area contributed by atoms with Crippen molar-refractivity contribution in [2.75, 3.05) is 39.6 Å². The Bertz CT molecular complexity index is 2100. The van der Waals surface area contributed by atoms with Crippen molar-refractivity contribution >= 4 is 110 Å². The maximum Gasteiger partial charge on any atom is 0.316 e. The number of carboxylic acid groups (broad SMARTS) is 3. The summed E-state index contributed by atoms with van der Waals surface area (Å²) in [5.74, 6) is -7.91. The monoisotopic (exact) mass is 1210 g/mol. The summed E-state index contributed by atoms with van der Waals surface area (Å²) in [5, 5.41) is 23.1. The van der Waals surface area contributed by atoms with Crippen LogP contribution in [0.5, 0.6) is 0 Å². The molecule has 0 bridgehead atoms. The Labute approximate surface area is 481 Å². The molecule has 1 heterocycles. The van der Waals surface area contributed by atoms with E-state index in [1.165, 1.54) is 13.8 Å². The molecule has 0 saturated heterocycles. The highest BCUT2D eigenvalue weighted by Gasteiger charge is 2.32. The molecule has 80 heavy (non-hydrogen) atoms. The van der Waals surface area contributed by atoms with Gasteiger partial charge in [0, 0.05) is 57.4 Å². The summed E-state index contributed by atoms with van der Waals surface area (Å²) in [7, 11) is 0. The van der Waals surface area contributed by atoms with E-state index in [9.17, 15) is 67.1 Å². The number of fused-ring (bicyclic) bond motifs is 1. The summed E-state index contributed by atoms with van der Waals surface area (Å²) in [6, 6.07) is 0. The Kier molecular flexibility index (Phi) is 52.4. The van der Waals surface area contributed by atoms with E-state index in [-0.39, 0.29) is 107 Å². The third-order valence-electron chi connectivity index (χ3n) is 9.87. The first-order chi connectivity index (χ1) is 37.0. The second-order valence-electron chi connectivity index (χ2n) is 16.3. The van der Waals surface area contributed by atoms with E-state index in [1.807, 2.05) is 6.92 Å². The minimum absolute atomic E-state index is 0. The van der Waals surface area contributed by atoms with Gasteiger partial charge in [-0.3, -0.25) is 67.1 Å². The predicted molar refractivity (Wildman–Crippen MR) is 289 cm³/mol. The van der Waals surface area contributed by atoms with Crippen LogP contribution >= 0.6 is 34.8 Å². The van der Waals surface area contributed by atoms with Gasteiger partial charge in [0.05, 0.1) is 70.0 Å². The fraction of sp³-hybridized carbons (Fsp3) is 0.673. The fourth-order valence-corrected chi connectivity index (χ4v) is 6.87. The van der Waals surface area contributed by atoms with Gasteiger partial charge in [-0.1, -0.05) is 7.43 Å². The van der Waals surface area contributed by atoms with Gasteiger partial charge >= 0.3 is 53.7 Å². The molecule has 0 radical (unpaired) electrons. The first-order valence-electron chi connectivity index (χ1n) is 25.2. The van der Waals surface area contributed by atoms with E-state index < -0.39 is 75.7 Å². The topological polar surface area (TPSA) is 384 Å². The predicted octanol–water partition coefficient (Wildman–Crippen LogP) is 6.82. The standard InChI is InChI=1S/C13H22O6.C8H10N2O.C8H12O3.C7H7Cl3O3.C7H10O6.2C4H8O2.CH4/c1-4-17-11(14)8-7-10(13(16)19-6-3)9-12(15)18-5-2;1-5-9-7-4-2-3-6(7)8(11)10-5;1-2-11-8(10)6-4-3-5-7(6)9;8-5(11)2-1-4(7(10)13)3-6(9)12;8-5(9)2-1-4(7(12)13)3-6(10)11;2*1-3-6-4(2)5;/h10H,4-9H2,1-3H3;2-4H2,1H3,(H,9,10,11);6H,2-5H2,1H3;4H,1-3H2;4H,1-3H2,(H,8,9)(H,10,11)(H,12,13);2*3H2,1-2H3;1H4. The Morgan fingerprint density at radius 1 is 0.575 bits per heavy atom. The number of aryl methyl sites for hydroxylation is 2. The average molecular weight is 1210 g/mol. The number of ether oxygens (including phenoxy) is 6. The molecular formula is C52H81Cl3N2O23. The molecule has 1 saturated carbocycles. The lowest BCUT2D eigenvalue weighted by Gasteiger charge is -2.14. The van der Waals surface area contributed by atoms with Gasteiger partial charge in [-0.25, -0.2) is 4.98 Å². The molecule has 2 aliphatic carbocycles. The van der Waals surface area contributed by atoms with Gasteiger partial charge in [0.1, 0.15) is 17.5 Å². The summed E-state index contributed by atoms with van der Waals surface area (Å²) >= 11 is 15.3. The number of Topliss-reactive ketones (excluding diaryl/α,β-unsaturated/α-hetero) is 1. The van der Waals surface area contributed by atoms with Crippen molar-refractivity contribution in [3.63, 3.8) is 0 Å². The number of nitrogens with one attached hydrogen (secondary N) is 1. The maximum absolute atomic E-state index is 11.7. The van der Waals surface area contributed by atoms with Gasteiger partial charge in [-0.05, 0) is 135 Å². The lowest BCUT2D eigenvalue weighted by molar-refractivity contribution is -0.155. The van der Waals surface area contributed by atoms with Crippen LogP contribution in [0.3, 0.4) is 0 Å².